The maximum Gasteiger partial charge on any atom is 0.387 e. The SMILES string of the molecule is CN(c1ccccc1)S(=O)(=O)c1ccccc1C(=O)OCc1ccccc1OC(F)F. The molecule has 0 saturated heterocycles. The number of carbonyl (C=O) groups is 1. The highest BCUT2D eigenvalue weighted by Crippen LogP contribution is 2.26. The van der Waals surface area contributed by atoms with Crippen molar-refractivity contribution in [3.8, 4) is 5.75 Å². The Morgan fingerprint density at radius 2 is 1.55 bits per heavy atom. The van der Waals surface area contributed by atoms with Gasteiger partial charge < -0.3 is 9.47 Å². The van der Waals surface area contributed by atoms with E-state index in [1.807, 2.05) is 0 Å². The standard InChI is InChI=1S/C22H19F2NO5S/c1-25(17-10-3-2-4-11-17)31(27,28)20-14-8-6-12-18(20)21(26)29-15-16-9-5-7-13-19(16)30-22(23)24/h2-14,22H,15H2,1H3. The van der Waals surface area contributed by atoms with Gasteiger partial charge in [0, 0.05) is 12.6 Å². The van der Waals surface area contributed by atoms with Crippen LogP contribution in [0.4, 0.5) is 14.5 Å². The molecule has 3 aromatic carbocycles. The molecule has 0 aliphatic heterocycles. The fourth-order valence-corrected chi connectivity index (χ4v) is 4.21. The molecule has 0 amide bonds. The summed E-state index contributed by atoms with van der Waals surface area (Å²) in [6.07, 6.45) is 0. The average Bonchev–Trinajstić information content (AvgIpc) is 2.78. The van der Waals surface area contributed by atoms with E-state index in [2.05, 4.69) is 4.74 Å². The monoisotopic (exact) mass is 447 g/mol. The number of carbonyl (C=O) groups excluding carboxylic acids is 1. The lowest BCUT2D eigenvalue weighted by molar-refractivity contribution is -0.0510. The Morgan fingerprint density at radius 1 is 0.935 bits per heavy atom. The molecule has 0 heterocycles. The number of nitrogens with zero attached hydrogens (tertiary/aromatic N) is 1. The van der Waals surface area contributed by atoms with Crippen LogP contribution in [-0.2, 0) is 21.4 Å². The van der Waals surface area contributed by atoms with Crippen molar-refractivity contribution in [2.45, 2.75) is 18.1 Å². The van der Waals surface area contributed by atoms with Crippen molar-refractivity contribution in [2.24, 2.45) is 0 Å². The van der Waals surface area contributed by atoms with Crippen molar-refractivity contribution < 1.29 is 31.5 Å². The second-order valence-electron chi connectivity index (χ2n) is 6.37. The molecule has 31 heavy (non-hydrogen) atoms. The summed E-state index contributed by atoms with van der Waals surface area (Å²) in [5, 5.41) is 0. The molecule has 6 nitrogen and oxygen atoms in total. The molecular formula is C22H19F2NO5S. The van der Waals surface area contributed by atoms with Crippen LogP contribution in [0.3, 0.4) is 0 Å². The van der Waals surface area contributed by atoms with Gasteiger partial charge in [-0.2, -0.15) is 8.78 Å². The summed E-state index contributed by atoms with van der Waals surface area (Å²) in [5.41, 5.74) is 0.471. The first-order chi connectivity index (χ1) is 14.8. The van der Waals surface area contributed by atoms with E-state index in [9.17, 15) is 22.0 Å². The van der Waals surface area contributed by atoms with Crippen molar-refractivity contribution in [3.05, 3.63) is 90.0 Å². The van der Waals surface area contributed by atoms with Crippen molar-refractivity contribution in [2.75, 3.05) is 11.4 Å². The van der Waals surface area contributed by atoms with E-state index < -0.39 is 22.6 Å². The maximum absolute atomic E-state index is 13.1. The molecule has 3 aromatic rings. The van der Waals surface area contributed by atoms with Gasteiger partial charge in [-0.25, -0.2) is 13.2 Å². The summed E-state index contributed by atoms with van der Waals surface area (Å²) in [5.74, 6) is -1.04. The minimum atomic E-state index is -4.07. The Morgan fingerprint density at radius 3 is 2.26 bits per heavy atom. The van der Waals surface area contributed by atoms with E-state index in [0.717, 1.165) is 4.31 Å². The maximum atomic E-state index is 13.1. The van der Waals surface area contributed by atoms with Crippen LogP contribution in [-0.4, -0.2) is 28.0 Å². The predicted molar refractivity (Wildman–Crippen MR) is 111 cm³/mol. The second-order valence-corrected chi connectivity index (χ2v) is 8.30. The first-order valence-corrected chi connectivity index (χ1v) is 10.6. The summed E-state index contributed by atoms with van der Waals surface area (Å²) in [6, 6.07) is 19.9. The number of halogens is 2. The lowest BCUT2D eigenvalue weighted by atomic mass is 10.2. The zero-order valence-corrected chi connectivity index (χ0v) is 17.3. The molecule has 9 heteroatoms. The normalized spacial score (nSPS) is 11.2. The van der Waals surface area contributed by atoms with E-state index in [-0.39, 0.29) is 28.4 Å². The summed E-state index contributed by atoms with van der Waals surface area (Å²) in [6.45, 7) is -3.40. The number of alkyl halides is 2. The highest BCUT2D eigenvalue weighted by atomic mass is 32.2. The topological polar surface area (TPSA) is 72.9 Å². The number of benzene rings is 3. The largest absolute Gasteiger partial charge is 0.457 e. The molecule has 0 aliphatic carbocycles. The lowest BCUT2D eigenvalue weighted by Crippen LogP contribution is -2.28. The number of anilines is 1. The predicted octanol–water partition coefficient (Wildman–Crippen LogP) is 4.47. The highest BCUT2D eigenvalue weighted by molar-refractivity contribution is 7.92. The lowest BCUT2D eigenvalue weighted by Gasteiger charge is -2.21. The summed E-state index contributed by atoms with van der Waals surface area (Å²) < 4.78 is 62.1. The number of sulfonamides is 1. The Bertz CT molecular complexity index is 1150. The van der Waals surface area contributed by atoms with Crippen LogP contribution in [0.25, 0.3) is 0 Å². The van der Waals surface area contributed by atoms with Gasteiger partial charge in [-0.15, -0.1) is 0 Å². The summed E-state index contributed by atoms with van der Waals surface area (Å²) in [7, 11) is -2.69. The Kier molecular flexibility index (Phi) is 6.86. The van der Waals surface area contributed by atoms with Crippen molar-refractivity contribution in [1.82, 2.24) is 0 Å². The van der Waals surface area contributed by atoms with Gasteiger partial charge in [0.25, 0.3) is 10.0 Å². The van der Waals surface area contributed by atoms with Gasteiger partial charge in [0.2, 0.25) is 0 Å². The van der Waals surface area contributed by atoms with E-state index in [1.54, 1.807) is 36.4 Å². The van der Waals surface area contributed by atoms with Gasteiger partial charge >= 0.3 is 12.6 Å². The van der Waals surface area contributed by atoms with E-state index >= 15 is 0 Å². The van der Waals surface area contributed by atoms with Crippen molar-refractivity contribution in [1.29, 1.82) is 0 Å². The Hall–Kier alpha value is -3.46. The van der Waals surface area contributed by atoms with Crippen LogP contribution >= 0.6 is 0 Å². The minimum Gasteiger partial charge on any atom is -0.457 e. The van der Waals surface area contributed by atoms with E-state index in [4.69, 9.17) is 4.74 Å². The van der Waals surface area contributed by atoms with Crippen molar-refractivity contribution >= 4 is 21.7 Å². The van der Waals surface area contributed by atoms with Gasteiger partial charge in [-0.1, -0.05) is 48.5 Å². The van der Waals surface area contributed by atoms with Crippen LogP contribution in [0.15, 0.2) is 83.8 Å². The Labute approximate surface area is 178 Å². The molecule has 0 radical (unpaired) electrons. The van der Waals surface area contributed by atoms with E-state index in [0.29, 0.717) is 5.69 Å². The van der Waals surface area contributed by atoms with Gasteiger partial charge in [0.15, 0.2) is 0 Å². The third-order valence-electron chi connectivity index (χ3n) is 4.41. The van der Waals surface area contributed by atoms with Crippen LogP contribution in [0.1, 0.15) is 15.9 Å². The third kappa shape index (κ3) is 5.18. The molecule has 0 aromatic heterocycles. The molecule has 0 spiro atoms. The highest BCUT2D eigenvalue weighted by Gasteiger charge is 2.27. The van der Waals surface area contributed by atoms with Crippen molar-refractivity contribution in [3.63, 3.8) is 0 Å². The molecule has 0 N–H and O–H groups in total. The van der Waals surface area contributed by atoms with Gasteiger partial charge in [-0.3, -0.25) is 4.31 Å². The van der Waals surface area contributed by atoms with Gasteiger partial charge in [0.1, 0.15) is 17.3 Å². The minimum absolute atomic E-state index is 0.130. The number of rotatable bonds is 8. The second kappa shape index (κ2) is 9.57. The summed E-state index contributed by atoms with van der Waals surface area (Å²) in [4.78, 5) is 12.5. The van der Waals surface area contributed by atoms with Gasteiger partial charge in [0.05, 0.1) is 11.3 Å². The molecular weight excluding hydrogens is 428 g/mol. The molecule has 0 aliphatic rings. The molecule has 0 atom stereocenters. The quantitative estimate of drug-likeness (QED) is 0.477. The number of hydrogen-bond acceptors (Lipinski definition) is 5. The number of ether oxygens (including phenoxy) is 2. The fourth-order valence-electron chi connectivity index (χ4n) is 2.84. The number of hydrogen-bond donors (Lipinski definition) is 0. The summed E-state index contributed by atoms with van der Waals surface area (Å²) >= 11 is 0. The molecule has 3 rings (SSSR count). The van der Waals surface area contributed by atoms with Crippen LogP contribution < -0.4 is 9.04 Å². The van der Waals surface area contributed by atoms with E-state index in [1.165, 1.54) is 49.5 Å². The fraction of sp³-hybridized carbons (Fsp3) is 0.136. The number of para-hydroxylation sites is 2. The smallest absolute Gasteiger partial charge is 0.387 e. The van der Waals surface area contributed by atoms with Crippen LogP contribution in [0.5, 0.6) is 5.75 Å². The first kappa shape index (κ1) is 22.2. The molecule has 0 fully saturated rings. The van der Waals surface area contributed by atoms with Crippen LogP contribution in [0, 0.1) is 0 Å². The Balaban J connectivity index is 1.85. The molecule has 162 valence electrons. The first-order valence-electron chi connectivity index (χ1n) is 9.13. The third-order valence-corrected chi connectivity index (χ3v) is 6.26. The molecule has 0 saturated carbocycles. The average molecular weight is 447 g/mol. The zero-order valence-electron chi connectivity index (χ0n) is 16.4. The molecule has 0 bridgehead atoms. The van der Waals surface area contributed by atoms with Crippen LogP contribution in [0.2, 0.25) is 0 Å². The number of esters is 1. The molecule has 0 unspecified atom stereocenters. The zero-order chi connectivity index (χ0) is 22.4. The van der Waals surface area contributed by atoms with Gasteiger partial charge in [-0.05, 0) is 30.3 Å².